The van der Waals surface area contributed by atoms with Gasteiger partial charge in [0.15, 0.2) is 5.82 Å². The molecule has 1 aliphatic heterocycles. The van der Waals surface area contributed by atoms with Crippen molar-refractivity contribution in [3.8, 4) is 11.5 Å². The molecular weight excluding hydrogens is 264 g/mol. The number of aromatic nitrogens is 2. The summed E-state index contributed by atoms with van der Waals surface area (Å²) in [4.78, 5) is 6.83. The zero-order valence-corrected chi connectivity index (χ0v) is 12.8. The summed E-state index contributed by atoms with van der Waals surface area (Å²) in [6.45, 7) is 7.24. The van der Waals surface area contributed by atoms with E-state index >= 15 is 0 Å². The smallest absolute Gasteiger partial charge is 0.257 e. The van der Waals surface area contributed by atoms with E-state index < -0.39 is 0 Å². The maximum atomic E-state index is 5.44. The van der Waals surface area contributed by atoms with Crippen molar-refractivity contribution in [2.75, 3.05) is 26.7 Å². The van der Waals surface area contributed by atoms with E-state index in [-0.39, 0.29) is 6.04 Å². The molecule has 21 heavy (non-hydrogen) atoms. The lowest BCUT2D eigenvalue weighted by molar-refractivity contribution is 0.190. The summed E-state index contributed by atoms with van der Waals surface area (Å²) in [5.41, 5.74) is 2.29. The molecule has 112 valence electrons. The first-order chi connectivity index (χ1) is 10.1. The van der Waals surface area contributed by atoms with E-state index in [9.17, 15) is 0 Å². The van der Waals surface area contributed by atoms with Crippen LogP contribution in [0.1, 0.15) is 37.2 Å². The van der Waals surface area contributed by atoms with E-state index in [1.54, 1.807) is 0 Å². The highest BCUT2D eigenvalue weighted by molar-refractivity contribution is 5.53. The molecule has 0 amide bonds. The monoisotopic (exact) mass is 286 g/mol. The minimum atomic E-state index is 0.186. The molecule has 1 N–H and O–H groups in total. The largest absolute Gasteiger partial charge is 0.334 e. The molecule has 2 heterocycles. The van der Waals surface area contributed by atoms with Crippen LogP contribution in [0.4, 0.5) is 0 Å². The predicted molar refractivity (Wildman–Crippen MR) is 82.1 cm³/mol. The van der Waals surface area contributed by atoms with Crippen LogP contribution in [0.3, 0.4) is 0 Å². The van der Waals surface area contributed by atoms with Crippen LogP contribution in [0.25, 0.3) is 11.5 Å². The van der Waals surface area contributed by atoms with Crippen LogP contribution in [0, 0.1) is 0 Å². The fourth-order valence-corrected chi connectivity index (χ4v) is 2.59. The summed E-state index contributed by atoms with van der Waals surface area (Å²) in [7, 11) is 2.10. The second kappa shape index (κ2) is 5.95. The van der Waals surface area contributed by atoms with E-state index in [0.29, 0.717) is 11.8 Å². The molecule has 0 bridgehead atoms. The Morgan fingerprint density at radius 1 is 1.29 bits per heavy atom. The van der Waals surface area contributed by atoms with Crippen molar-refractivity contribution in [2.24, 2.45) is 0 Å². The van der Waals surface area contributed by atoms with Crippen LogP contribution in [0.15, 0.2) is 28.8 Å². The Hall–Kier alpha value is -1.72. The van der Waals surface area contributed by atoms with Crippen molar-refractivity contribution in [3.05, 3.63) is 35.7 Å². The Kier molecular flexibility index (Phi) is 4.03. The topological polar surface area (TPSA) is 54.2 Å². The van der Waals surface area contributed by atoms with Gasteiger partial charge in [-0.05, 0) is 30.7 Å². The first-order valence-corrected chi connectivity index (χ1v) is 7.50. The zero-order chi connectivity index (χ0) is 14.8. The molecule has 1 unspecified atom stereocenters. The van der Waals surface area contributed by atoms with Crippen molar-refractivity contribution < 1.29 is 4.52 Å². The molecule has 0 spiro atoms. The van der Waals surface area contributed by atoms with Crippen molar-refractivity contribution in [3.63, 3.8) is 0 Å². The number of hydrogen-bond donors (Lipinski definition) is 1. The average molecular weight is 286 g/mol. The summed E-state index contributed by atoms with van der Waals surface area (Å²) >= 11 is 0. The van der Waals surface area contributed by atoms with E-state index in [4.69, 9.17) is 4.52 Å². The van der Waals surface area contributed by atoms with Gasteiger partial charge in [0, 0.05) is 25.2 Å². The SMILES string of the molecule is CC(C)c1ccc(-c2nc(C3CNCCN3C)no2)cc1. The number of nitrogens with zero attached hydrogens (tertiary/aromatic N) is 3. The molecule has 1 aromatic heterocycles. The molecule has 0 radical (unpaired) electrons. The third-order valence-corrected chi connectivity index (χ3v) is 4.08. The van der Waals surface area contributed by atoms with Crippen LogP contribution in [-0.4, -0.2) is 41.7 Å². The molecule has 3 rings (SSSR count). The lowest BCUT2D eigenvalue weighted by Gasteiger charge is -2.30. The third kappa shape index (κ3) is 2.99. The minimum absolute atomic E-state index is 0.186. The van der Waals surface area contributed by atoms with Crippen LogP contribution in [0.5, 0.6) is 0 Å². The molecule has 5 heteroatoms. The van der Waals surface area contributed by atoms with Crippen molar-refractivity contribution >= 4 is 0 Å². The summed E-state index contributed by atoms with van der Waals surface area (Å²) in [5.74, 6) is 1.88. The van der Waals surface area contributed by atoms with E-state index in [0.717, 1.165) is 31.0 Å². The van der Waals surface area contributed by atoms with Crippen LogP contribution in [-0.2, 0) is 0 Å². The fraction of sp³-hybridized carbons (Fsp3) is 0.500. The van der Waals surface area contributed by atoms with Crippen molar-refractivity contribution in [2.45, 2.75) is 25.8 Å². The highest BCUT2D eigenvalue weighted by Crippen LogP contribution is 2.24. The average Bonchev–Trinajstić information content (AvgIpc) is 2.97. The van der Waals surface area contributed by atoms with Gasteiger partial charge in [0.1, 0.15) is 0 Å². The van der Waals surface area contributed by atoms with Gasteiger partial charge in [-0.1, -0.05) is 31.1 Å². The predicted octanol–water partition coefficient (Wildman–Crippen LogP) is 2.44. The molecule has 2 aromatic rings. The van der Waals surface area contributed by atoms with Gasteiger partial charge >= 0.3 is 0 Å². The molecule has 1 aliphatic rings. The maximum Gasteiger partial charge on any atom is 0.257 e. The number of rotatable bonds is 3. The van der Waals surface area contributed by atoms with Crippen LogP contribution >= 0.6 is 0 Å². The Morgan fingerprint density at radius 2 is 2.05 bits per heavy atom. The van der Waals surface area contributed by atoms with E-state index in [1.165, 1.54) is 5.56 Å². The summed E-state index contributed by atoms with van der Waals surface area (Å²) in [6, 6.07) is 8.53. The summed E-state index contributed by atoms with van der Waals surface area (Å²) in [6.07, 6.45) is 0. The number of benzene rings is 1. The lowest BCUT2D eigenvalue weighted by Crippen LogP contribution is -2.44. The number of hydrogen-bond acceptors (Lipinski definition) is 5. The fourth-order valence-electron chi connectivity index (χ4n) is 2.59. The molecule has 1 saturated heterocycles. The van der Waals surface area contributed by atoms with Gasteiger partial charge in [0.2, 0.25) is 0 Å². The second-order valence-corrected chi connectivity index (χ2v) is 5.93. The quantitative estimate of drug-likeness (QED) is 0.939. The van der Waals surface area contributed by atoms with Gasteiger partial charge in [-0.3, -0.25) is 4.90 Å². The van der Waals surface area contributed by atoms with Gasteiger partial charge in [0.05, 0.1) is 6.04 Å². The Bertz CT molecular complexity index is 591. The standard InChI is InChI=1S/C16H22N4O/c1-11(2)12-4-6-13(7-5-12)16-18-15(19-21-16)14-10-17-8-9-20(14)3/h4-7,11,14,17H,8-10H2,1-3H3. The van der Waals surface area contributed by atoms with Gasteiger partial charge in [-0.15, -0.1) is 0 Å². The normalized spacial score (nSPS) is 20.1. The highest BCUT2D eigenvalue weighted by atomic mass is 16.5. The molecule has 1 fully saturated rings. The Balaban J connectivity index is 1.81. The summed E-state index contributed by atoms with van der Waals surface area (Å²) < 4.78 is 5.44. The molecule has 5 nitrogen and oxygen atoms in total. The minimum Gasteiger partial charge on any atom is -0.334 e. The Morgan fingerprint density at radius 3 is 2.71 bits per heavy atom. The zero-order valence-electron chi connectivity index (χ0n) is 12.8. The first kappa shape index (κ1) is 14.2. The lowest BCUT2D eigenvalue weighted by atomic mass is 10.0. The molecule has 0 aliphatic carbocycles. The van der Waals surface area contributed by atoms with Crippen molar-refractivity contribution in [1.29, 1.82) is 0 Å². The maximum absolute atomic E-state index is 5.44. The summed E-state index contributed by atoms with van der Waals surface area (Å²) in [5, 5.41) is 7.53. The van der Waals surface area contributed by atoms with E-state index in [2.05, 4.69) is 65.5 Å². The van der Waals surface area contributed by atoms with Gasteiger partial charge in [-0.25, -0.2) is 0 Å². The van der Waals surface area contributed by atoms with Gasteiger partial charge < -0.3 is 9.84 Å². The van der Waals surface area contributed by atoms with Gasteiger partial charge in [0.25, 0.3) is 5.89 Å². The Labute approximate surface area is 125 Å². The third-order valence-electron chi connectivity index (χ3n) is 4.08. The van der Waals surface area contributed by atoms with Gasteiger partial charge in [-0.2, -0.15) is 4.98 Å². The molecule has 1 aromatic carbocycles. The number of likely N-dealkylation sites (N-methyl/N-ethyl adjacent to an activating group) is 1. The number of piperazine rings is 1. The molecule has 0 saturated carbocycles. The van der Waals surface area contributed by atoms with Crippen LogP contribution in [0.2, 0.25) is 0 Å². The second-order valence-electron chi connectivity index (χ2n) is 5.93. The van der Waals surface area contributed by atoms with Crippen molar-refractivity contribution in [1.82, 2.24) is 20.4 Å². The highest BCUT2D eigenvalue weighted by Gasteiger charge is 2.25. The molecule has 1 atom stereocenters. The van der Waals surface area contributed by atoms with E-state index in [1.807, 2.05) is 0 Å². The van der Waals surface area contributed by atoms with Crippen LogP contribution < -0.4 is 5.32 Å². The number of nitrogens with one attached hydrogen (secondary N) is 1. The first-order valence-electron chi connectivity index (χ1n) is 7.50. The molecular formula is C16H22N4O.